The zero-order valence-electron chi connectivity index (χ0n) is 23.4. The minimum absolute atomic E-state index is 0.156. The molecule has 4 rings (SSSR count). The molecule has 3 nitrogen and oxygen atoms in total. The smallest absolute Gasteiger partial charge is 0.123 e. The van der Waals surface area contributed by atoms with Crippen molar-refractivity contribution in [2.24, 2.45) is 17.8 Å². The highest BCUT2D eigenvalue weighted by atomic mass is 32.1. The molecule has 0 unspecified atom stereocenters. The van der Waals surface area contributed by atoms with E-state index in [1.807, 2.05) is 19.1 Å². The monoisotopic (exact) mass is 523 g/mol. The number of hydrogen-bond donors (Lipinski definition) is 0. The SMILES string of the molecule is C#C.C=C(CCc1ccc(F)cc1)N1CCC(C2CCC(C)CC2)CC1.CC/C=C(/C)c1nsnc1C. The number of nitrogens with zero attached hydrogens (tertiary/aromatic N) is 3. The summed E-state index contributed by atoms with van der Waals surface area (Å²) in [5.74, 6) is 2.72. The number of hydrogen-bond acceptors (Lipinski definition) is 4. The Labute approximate surface area is 229 Å². The van der Waals surface area contributed by atoms with Gasteiger partial charge in [-0.15, -0.1) is 12.8 Å². The first-order valence-corrected chi connectivity index (χ1v) is 14.6. The van der Waals surface area contributed by atoms with Crippen LogP contribution in [0.5, 0.6) is 0 Å². The van der Waals surface area contributed by atoms with Crippen LogP contribution < -0.4 is 0 Å². The lowest BCUT2D eigenvalue weighted by Gasteiger charge is -2.40. The Morgan fingerprint density at radius 3 is 2.19 bits per heavy atom. The average Bonchev–Trinajstić information content (AvgIpc) is 3.36. The van der Waals surface area contributed by atoms with Crippen LogP contribution in [0.4, 0.5) is 4.39 Å². The highest BCUT2D eigenvalue weighted by Crippen LogP contribution is 2.38. The Kier molecular flexibility index (Phi) is 13.6. The van der Waals surface area contributed by atoms with Crippen LogP contribution in [0.1, 0.15) is 89.1 Å². The van der Waals surface area contributed by atoms with Gasteiger partial charge in [0, 0.05) is 18.8 Å². The zero-order valence-corrected chi connectivity index (χ0v) is 24.2. The number of aryl methyl sites for hydroxylation is 2. The van der Waals surface area contributed by atoms with Crippen molar-refractivity contribution in [2.45, 2.75) is 85.5 Å². The van der Waals surface area contributed by atoms with Crippen LogP contribution in [0.2, 0.25) is 0 Å². The Hall–Kier alpha value is -2.45. The summed E-state index contributed by atoms with van der Waals surface area (Å²) in [6.45, 7) is 15.3. The van der Waals surface area contributed by atoms with Crippen molar-refractivity contribution in [3.8, 4) is 12.8 Å². The normalized spacial score (nSPS) is 20.3. The fraction of sp³-hybridized carbons (Fsp3) is 0.562. The summed E-state index contributed by atoms with van der Waals surface area (Å²) in [5, 5.41) is 0. The predicted octanol–water partition coefficient (Wildman–Crippen LogP) is 8.72. The molecular formula is C32H46FN3S. The van der Waals surface area contributed by atoms with Gasteiger partial charge in [0.25, 0.3) is 0 Å². The van der Waals surface area contributed by atoms with Gasteiger partial charge < -0.3 is 4.90 Å². The van der Waals surface area contributed by atoms with Gasteiger partial charge in [0.15, 0.2) is 0 Å². The van der Waals surface area contributed by atoms with E-state index in [1.54, 1.807) is 12.1 Å². The quantitative estimate of drug-likeness (QED) is 0.340. The van der Waals surface area contributed by atoms with Crippen molar-refractivity contribution in [1.82, 2.24) is 13.6 Å². The van der Waals surface area contributed by atoms with Crippen LogP contribution in [0.3, 0.4) is 0 Å². The molecule has 1 aliphatic carbocycles. The van der Waals surface area contributed by atoms with Crippen molar-refractivity contribution in [3.63, 3.8) is 0 Å². The summed E-state index contributed by atoms with van der Waals surface area (Å²) >= 11 is 1.28. The van der Waals surface area contributed by atoms with E-state index in [-0.39, 0.29) is 5.82 Å². The third-order valence-corrected chi connectivity index (χ3v) is 8.49. The van der Waals surface area contributed by atoms with Crippen LogP contribution in [0, 0.1) is 43.3 Å². The second kappa shape index (κ2) is 16.4. The maximum absolute atomic E-state index is 13.0. The van der Waals surface area contributed by atoms with E-state index in [4.69, 9.17) is 0 Å². The van der Waals surface area contributed by atoms with E-state index in [2.05, 4.69) is 59.9 Å². The largest absolute Gasteiger partial charge is 0.375 e. The Morgan fingerprint density at radius 1 is 1.05 bits per heavy atom. The fourth-order valence-corrected chi connectivity index (χ4v) is 6.14. The fourth-order valence-electron chi connectivity index (χ4n) is 5.53. The molecule has 2 heterocycles. The summed E-state index contributed by atoms with van der Waals surface area (Å²) in [7, 11) is 0. The van der Waals surface area contributed by atoms with Gasteiger partial charge in [-0.1, -0.05) is 51.5 Å². The summed E-state index contributed by atoms with van der Waals surface area (Å²) in [6, 6.07) is 6.88. The number of rotatable bonds is 7. The molecular weight excluding hydrogens is 477 g/mol. The molecule has 1 aromatic carbocycles. The summed E-state index contributed by atoms with van der Waals surface area (Å²) in [5.41, 5.74) is 5.78. The first-order chi connectivity index (χ1) is 17.9. The van der Waals surface area contributed by atoms with E-state index in [0.29, 0.717) is 0 Å². The third-order valence-electron chi connectivity index (χ3n) is 7.87. The molecule has 0 amide bonds. The summed E-state index contributed by atoms with van der Waals surface area (Å²) in [6.07, 6.45) is 21.6. The molecule has 0 atom stereocenters. The molecule has 37 heavy (non-hydrogen) atoms. The molecule has 1 aliphatic heterocycles. The first kappa shape index (κ1) is 30.8. The highest BCUT2D eigenvalue weighted by molar-refractivity contribution is 6.99. The van der Waals surface area contributed by atoms with Crippen molar-refractivity contribution in [1.29, 1.82) is 0 Å². The van der Waals surface area contributed by atoms with Crippen molar-refractivity contribution in [3.05, 3.63) is 65.4 Å². The minimum atomic E-state index is -0.156. The van der Waals surface area contributed by atoms with Crippen molar-refractivity contribution < 1.29 is 4.39 Å². The third kappa shape index (κ3) is 10.1. The first-order valence-electron chi connectivity index (χ1n) is 13.8. The molecule has 0 bridgehead atoms. The number of allylic oxidation sites excluding steroid dienone is 3. The second-order valence-electron chi connectivity index (χ2n) is 10.5. The molecule has 5 heteroatoms. The molecule has 0 spiro atoms. The van der Waals surface area contributed by atoms with Gasteiger partial charge in [-0.2, -0.15) is 8.75 Å². The number of likely N-dealkylation sites (tertiary alicyclic amines) is 1. The second-order valence-corrected chi connectivity index (χ2v) is 11.1. The molecule has 202 valence electrons. The predicted molar refractivity (Wildman–Crippen MR) is 158 cm³/mol. The zero-order chi connectivity index (χ0) is 27.2. The van der Waals surface area contributed by atoms with Gasteiger partial charge in [-0.05, 0) is 99.8 Å². The average molecular weight is 524 g/mol. The van der Waals surface area contributed by atoms with E-state index >= 15 is 0 Å². The van der Waals surface area contributed by atoms with Crippen LogP contribution >= 0.6 is 11.7 Å². The van der Waals surface area contributed by atoms with E-state index in [1.165, 1.54) is 80.2 Å². The van der Waals surface area contributed by atoms with Gasteiger partial charge in [0.2, 0.25) is 0 Å². The van der Waals surface area contributed by atoms with Crippen LogP contribution in [-0.2, 0) is 6.42 Å². The van der Waals surface area contributed by atoms with Crippen LogP contribution in [0.25, 0.3) is 5.57 Å². The van der Waals surface area contributed by atoms with E-state index in [0.717, 1.165) is 48.4 Å². The van der Waals surface area contributed by atoms with Crippen LogP contribution in [0.15, 0.2) is 42.6 Å². The van der Waals surface area contributed by atoms with E-state index in [9.17, 15) is 4.39 Å². The molecule has 2 aromatic rings. The van der Waals surface area contributed by atoms with Gasteiger partial charge in [0.05, 0.1) is 17.4 Å². The Balaban J connectivity index is 0.000000311. The molecule has 1 saturated carbocycles. The Bertz CT molecular complexity index is 975. The molecule has 0 N–H and O–H groups in total. The standard InChI is InChI=1S/C22H32FN.C8H12N2S.C2H2/c1-17-3-9-20(10-4-17)21-13-15-24(16-14-21)18(2)5-6-19-7-11-22(23)12-8-19;1-4-5-6(2)8-7(3)9-11-10-8;1-2/h7-8,11-12,17,20-21H,2-6,9-10,13-16H2,1H3;5H,4H2,1-3H3;1-2H/b;6-5-;. The van der Waals surface area contributed by atoms with Gasteiger partial charge >= 0.3 is 0 Å². The maximum Gasteiger partial charge on any atom is 0.123 e. The number of aromatic nitrogens is 2. The van der Waals surface area contributed by atoms with Crippen LogP contribution in [-0.4, -0.2) is 26.7 Å². The highest BCUT2D eigenvalue weighted by Gasteiger charge is 2.29. The molecule has 2 aliphatic rings. The lowest BCUT2D eigenvalue weighted by atomic mass is 9.73. The maximum atomic E-state index is 13.0. The molecule has 1 saturated heterocycles. The lowest BCUT2D eigenvalue weighted by molar-refractivity contribution is 0.134. The lowest BCUT2D eigenvalue weighted by Crippen LogP contribution is -2.36. The number of piperidine rings is 1. The molecule has 1 aromatic heterocycles. The van der Waals surface area contributed by atoms with Crippen molar-refractivity contribution >= 4 is 17.3 Å². The van der Waals surface area contributed by atoms with Crippen molar-refractivity contribution in [2.75, 3.05) is 13.1 Å². The minimum Gasteiger partial charge on any atom is -0.375 e. The number of terminal acetylenes is 1. The van der Waals surface area contributed by atoms with Gasteiger partial charge in [-0.25, -0.2) is 4.39 Å². The number of benzene rings is 1. The molecule has 2 fully saturated rings. The molecule has 0 radical (unpaired) electrons. The number of halogens is 1. The topological polar surface area (TPSA) is 29.0 Å². The Morgan fingerprint density at radius 2 is 1.65 bits per heavy atom. The van der Waals surface area contributed by atoms with Gasteiger partial charge in [-0.3, -0.25) is 0 Å². The summed E-state index contributed by atoms with van der Waals surface area (Å²) < 4.78 is 21.3. The van der Waals surface area contributed by atoms with Gasteiger partial charge in [0.1, 0.15) is 11.5 Å². The summed E-state index contributed by atoms with van der Waals surface area (Å²) in [4.78, 5) is 2.49. The van der Waals surface area contributed by atoms with E-state index < -0.39 is 0 Å².